The Labute approximate surface area is 74.1 Å². The first-order chi connectivity index (χ1) is 6.09. The van der Waals surface area contributed by atoms with Crippen molar-refractivity contribution in [3.8, 4) is 0 Å². The zero-order valence-corrected chi connectivity index (χ0v) is 7.43. The summed E-state index contributed by atoms with van der Waals surface area (Å²) < 4.78 is 18.0. The largest absolute Gasteiger partial charge is 0.388 e. The van der Waals surface area contributed by atoms with E-state index in [0.717, 1.165) is 6.42 Å². The predicted molar refractivity (Wildman–Crippen MR) is 43.6 cm³/mol. The van der Waals surface area contributed by atoms with Gasteiger partial charge < -0.3 is 14.6 Å². The minimum Gasteiger partial charge on any atom is -0.388 e. The zero-order chi connectivity index (χ0) is 9.59. The van der Waals surface area contributed by atoms with Gasteiger partial charge in [0.15, 0.2) is 6.29 Å². The Morgan fingerprint density at radius 1 is 1.58 bits per heavy atom. The molecule has 0 spiro atoms. The van der Waals surface area contributed by atoms with Crippen molar-refractivity contribution >= 4 is 0 Å². The average Bonchev–Trinajstić information content (AvgIpc) is 2.36. The molecule has 2 fully saturated rings. The van der Waals surface area contributed by atoms with Gasteiger partial charge in [0.1, 0.15) is 6.10 Å². The number of ether oxygens (including phenoxy) is 2. The molecule has 2 bridgehead atoms. The van der Waals surface area contributed by atoms with Crippen LogP contribution in [0.5, 0.6) is 0 Å². The fraction of sp³-hybridized carbons (Fsp3) is 1.00. The minimum absolute atomic E-state index is 0.138. The summed E-state index contributed by atoms with van der Waals surface area (Å²) in [5.41, 5.74) is 0. The third-order valence-electron chi connectivity index (χ3n) is 2.75. The van der Waals surface area contributed by atoms with Gasteiger partial charge in [0.2, 0.25) is 0 Å². The molecule has 0 radical (unpaired) electrons. The van der Waals surface area contributed by atoms with E-state index in [1.807, 2.05) is 0 Å². The summed E-state index contributed by atoms with van der Waals surface area (Å²) in [4.78, 5) is 0. The van der Waals surface area contributed by atoms with Crippen LogP contribution in [0.2, 0.25) is 0 Å². The highest BCUT2D eigenvalue weighted by Gasteiger charge is 2.43. The van der Waals surface area contributed by atoms with Crippen molar-refractivity contribution in [2.45, 2.75) is 38.8 Å². The standard InChI is InChI=1S/C9H16O3/c1-5(2)7-3-6-4-11-9(12-6)8(7)10/h5-10H,3-4H2,1-2H3/t6-,7-,8-,9+/m0/s1/i4D/t4-,6+,7+,8+,9-/m1. The molecule has 70 valence electrons. The highest BCUT2D eigenvalue weighted by atomic mass is 16.7. The van der Waals surface area contributed by atoms with Gasteiger partial charge in [-0.15, -0.1) is 0 Å². The molecule has 2 saturated heterocycles. The van der Waals surface area contributed by atoms with E-state index >= 15 is 0 Å². The van der Waals surface area contributed by atoms with E-state index in [1.54, 1.807) is 0 Å². The SMILES string of the molecule is [2H][C@H]1O[C@@H]2O[C@H]1C[C@@H](C(C)C)[C@@H]2O. The van der Waals surface area contributed by atoms with Gasteiger partial charge in [0.25, 0.3) is 0 Å². The first-order valence-electron chi connectivity index (χ1n) is 5.08. The molecule has 1 N–H and O–H groups in total. The highest BCUT2D eigenvalue weighted by Crippen LogP contribution is 2.35. The molecule has 0 aromatic rings. The monoisotopic (exact) mass is 173 g/mol. The molecule has 0 unspecified atom stereocenters. The van der Waals surface area contributed by atoms with E-state index < -0.39 is 19.0 Å². The molecule has 0 aromatic heterocycles. The molecule has 12 heavy (non-hydrogen) atoms. The summed E-state index contributed by atoms with van der Waals surface area (Å²) in [6, 6.07) is 0. The van der Waals surface area contributed by atoms with Crippen LogP contribution in [0.1, 0.15) is 21.6 Å². The molecule has 2 rings (SSSR count). The molecule has 0 saturated carbocycles. The maximum Gasteiger partial charge on any atom is 0.184 e. The normalized spacial score (nSPS) is 54.3. The van der Waals surface area contributed by atoms with Crippen LogP contribution >= 0.6 is 0 Å². The van der Waals surface area contributed by atoms with Crippen LogP contribution in [0.3, 0.4) is 0 Å². The Balaban J connectivity index is 2.11. The fourth-order valence-electron chi connectivity index (χ4n) is 1.95. The summed E-state index contributed by atoms with van der Waals surface area (Å²) in [7, 11) is 0. The van der Waals surface area contributed by atoms with Crippen LogP contribution in [0.4, 0.5) is 0 Å². The van der Waals surface area contributed by atoms with Crippen LogP contribution in [0, 0.1) is 11.8 Å². The number of aliphatic hydroxyl groups is 1. The van der Waals surface area contributed by atoms with Gasteiger partial charge in [-0.2, -0.15) is 0 Å². The van der Waals surface area contributed by atoms with Gasteiger partial charge in [-0.25, -0.2) is 0 Å². The lowest BCUT2D eigenvalue weighted by Gasteiger charge is -2.34. The van der Waals surface area contributed by atoms with Gasteiger partial charge in [0, 0.05) is 0 Å². The van der Waals surface area contributed by atoms with Crippen LogP contribution in [-0.2, 0) is 9.47 Å². The summed E-state index contributed by atoms with van der Waals surface area (Å²) in [6.07, 6.45) is -0.523. The lowest BCUT2D eigenvalue weighted by Crippen LogP contribution is -2.42. The molecule has 2 heterocycles. The molecule has 2 aliphatic heterocycles. The predicted octanol–water partition coefficient (Wildman–Crippen LogP) is 0.765. The topological polar surface area (TPSA) is 38.7 Å². The molecule has 5 atom stereocenters. The van der Waals surface area contributed by atoms with Gasteiger partial charge in [-0.1, -0.05) is 13.8 Å². The Morgan fingerprint density at radius 3 is 3.00 bits per heavy atom. The Morgan fingerprint density at radius 2 is 2.33 bits per heavy atom. The van der Waals surface area contributed by atoms with Crippen molar-refractivity contribution < 1.29 is 16.0 Å². The molecule has 0 aromatic carbocycles. The van der Waals surface area contributed by atoms with Crippen LogP contribution in [0.25, 0.3) is 0 Å². The number of fused-ring (bicyclic) bond motifs is 2. The first-order valence-corrected chi connectivity index (χ1v) is 4.51. The van der Waals surface area contributed by atoms with Crippen molar-refractivity contribution in [1.82, 2.24) is 0 Å². The number of rotatable bonds is 1. The lowest BCUT2D eigenvalue weighted by atomic mass is 9.84. The van der Waals surface area contributed by atoms with Gasteiger partial charge in [-0.3, -0.25) is 0 Å². The lowest BCUT2D eigenvalue weighted by molar-refractivity contribution is -0.181. The van der Waals surface area contributed by atoms with Crippen molar-refractivity contribution in [1.29, 1.82) is 0 Å². The zero-order valence-electron chi connectivity index (χ0n) is 8.43. The molecule has 3 heteroatoms. The number of hydrogen-bond donors (Lipinski definition) is 1. The van der Waals surface area contributed by atoms with Crippen LogP contribution < -0.4 is 0 Å². The highest BCUT2D eigenvalue weighted by molar-refractivity contribution is 4.86. The second kappa shape index (κ2) is 2.98. The third kappa shape index (κ3) is 1.26. The van der Waals surface area contributed by atoms with E-state index in [0.29, 0.717) is 5.92 Å². The molecular weight excluding hydrogens is 156 g/mol. The molecule has 2 aliphatic rings. The second-order valence-electron chi connectivity index (χ2n) is 3.95. The van der Waals surface area contributed by atoms with Crippen LogP contribution in [0.15, 0.2) is 0 Å². The summed E-state index contributed by atoms with van der Waals surface area (Å²) in [5.74, 6) is 0.622. The van der Waals surface area contributed by atoms with E-state index in [-0.39, 0.29) is 12.0 Å². The maximum absolute atomic E-state index is 9.81. The summed E-state index contributed by atoms with van der Waals surface area (Å²) in [6.45, 7) is 3.55. The van der Waals surface area contributed by atoms with Crippen LogP contribution in [-0.4, -0.2) is 30.2 Å². The number of aliphatic hydroxyl groups excluding tert-OH is 1. The Hall–Kier alpha value is -0.120. The van der Waals surface area contributed by atoms with Crippen molar-refractivity contribution in [3.05, 3.63) is 0 Å². The smallest absolute Gasteiger partial charge is 0.184 e. The van der Waals surface area contributed by atoms with E-state index in [2.05, 4.69) is 13.8 Å². The number of hydrogen-bond acceptors (Lipinski definition) is 3. The first kappa shape index (κ1) is 7.30. The van der Waals surface area contributed by atoms with Crippen molar-refractivity contribution in [3.63, 3.8) is 0 Å². The fourth-order valence-corrected chi connectivity index (χ4v) is 1.95. The molecule has 0 amide bonds. The van der Waals surface area contributed by atoms with Gasteiger partial charge in [0.05, 0.1) is 14.1 Å². The van der Waals surface area contributed by atoms with E-state index in [1.165, 1.54) is 0 Å². The van der Waals surface area contributed by atoms with Gasteiger partial charge in [-0.05, 0) is 18.3 Å². The molecule has 0 aliphatic carbocycles. The van der Waals surface area contributed by atoms with E-state index in [9.17, 15) is 5.11 Å². The maximum atomic E-state index is 9.81. The van der Waals surface area contributed by atoms with Gasteiger partial charge >= 0.3 is 0 Å². The molecule has 3 nitrogen and oxygen atoms in total. The molecular formula is C9H16O3. The third-order valence-corrected chi connectivity index (χ3v) is 2.75. The average molecular weight is 173 g/mol. The summed E-state index contributed by atoms with van der Waals surface area (Å²) >= 11 is 0. The van der Waals surface area contributed by atoms with E-state index in [4.69, 9.17) is 10.8 Å². The minimum atomic E-state index is -0.608. The Bertz CT molecular complexity index is 195. The van der Waals surface area contributed by atoms with Crippen molar-refractivity contribution in [2.75, 3.05) is 6.58 Å². The van der Waals surface area contributed by atoms with Crippen molar-refractivity contribution in [2.24, 2.45) is 11.8 Å². The quantitative estimate of drug-likeness (QED) is 0.636. The summed E-state index contributed by atoms with van der Waals surface area (Å²) in [5, 5.41) is 9.81. The second-order valence-corrected chi connectivity index (χ2v) is 3.95. The Kier molecular flexibility index (Phi) is 1.81.